The maximum Gasteiger partial charge on any atom is 0.263 e. The molecule has 0 spiro atoms. The van der Waals surface area contributed by atoms with Crippen LogP contribution in [0.4, 0.5) is 0 Å². The van der Waals surface area contributed by atoms with Gasteiger partial charge in [0.1, 0.15) is 6.10 Å². The zero-order valence-electron chi connectivity index (χ0n) is 11.0. The Balaban J connectivity index is 1.72. The van der Waals surface area contributed by atoms with Crippen LogP contribution in [0.2, 0.25) is 0 Å². The number of primary amides is 1. The Kier molecular flexibility index (Phi) is 4.73. The Bertz CT molecular complexity index is 342. The number of piperidine rings is 1. The molecule has 2 fully saturated rings. The molecule has 0 aromatic rings. The van der Waals surface area contributed by atoms with Gasteiger partial charge in [0, 0.05) is 12.5 Å². The Hall–Kier alpha value is -1.18. The standard InChI is InChI=1S/C12H22N4O3/c13-11(17)8-3-5-16(6-4-8)7-9-1-2-10(19-9)12(18)15-14/h8-10H,1-7,14H2,(H2,13,17)(H,15,18). The number of rotatable bonds is 4. The number of carbonyl (C=O) groups is 2. The van der Waals surface area contributed by atoms with Crippen molar-refractivity contribution in [1.29, 1.82) is 0 Å². The van der Waals surface area contributed by atoms with Crippen molar-refractivity contribution >= 4 is 11.8 Å². The third-order valence-corrected chi connectivity index (χ3v) is 3.99. The summed E-state index contributed by atoms with van der Waals surface area (Å²) in [5.74, 6) is 4.65. The maximum absolute atomic E-state index is 11.3. The van der Waals surface area contributed by atoms with Gasteiger partial charge in [-0.25, -0.2) is 5.84 Å². The maximum atomic E-state index is 11.3. The predicted octanol–water partition coefficient (Wildman–Crippen LogP) is -1.28. The fourth-order valence-electron chi connectivity index (χ4n) is 2.81. The van der Waals surface area contributed by atoms with Crippen molar-refractivity contribution in [3.8, 4) is 0 Å². The number of likely N-dealkylation sites (tertiary alicyclic amines) is 1. The van der Waals surface area contributed by atoms with Crippen LogP contribution >= 0.6 is 0 Å². The molecule has 0 aromatic carbocycles. The van der Waals surface area contributed by atoms with E-state index in [0.717, 1.165) is 38.9 Å². The normalized spacial score (nSPS) is 29.3. The van der Waals surface area contributed by atoms with Crippen molar-refractivity contribution in [2.24, 2.45) is 17.5 Å². The molecule has 0 saturated carbocycles. The average molecular weight is 270 g/mol. The number of amides is 2. The van der Waals surface area contributed by atoms with E-state index in [2.05, 4.69) is 10.3 Å². The van der Waals surface area contributed by atoms with Crippen LogP contribution in [0.25, 0.3) is 0 Å². The van der Waals surface area contributed by atoms with Gasteiger partial charge in [-0.3, -0.25) is 15.0 Å². The highest BCUT2D eigenvalue weighted by atomic mass is 16.5. The molecule has 108 valence electrons. The fourth-order valence-corrected chi connectivity index (χ4v) is 2.81. The van der Waals surface area contributed by atoms with Gasteiger partial charge in [-0.1, -0.05) is 0 Å². The van der Waals surface area contributed by atoms with Gasteiger partial charge in [0.15, 0.2) is 0 Å². The molecular formula is C12H22N4O3. The van der Waals surface area contributed by atoms with Crippen LogP contribution in [0.3, 0.4) is 0 Å². The first-order valence-electron chi connectivity index (χ1n) is 6.77. The number of ether oxygens (including phenoxy) is 1. The summed E-state index contributed by atoms with van der Waals surface area (Å²) in [5, 5.41) is 0. The summed E-state index contributed by atoms with van der Waals surface area (Å²) in [6.07, 6.45) is 2.87. The number of hydrogen-bond acceptors (Lipinski definition) is 5. The topological polar surface area (TPSA) is 111 Å². The monoisotopic (exact) mass is 270 g/mol. The lowest BCUT2D eigenvalue weighted by molar-refractivity contribution is -0.132. The molecule has 5 N–H and O–H groups in total. The molecule has 2 aliphatic rings. The average Bonchev–Trinajstić information content (AvgIpc) is 2.87. The molecule has 0 aliphatic carbocycles. The SMILES string of the molecule is NNC(=O)C1CCC(CN2CCC(C(N)=O)CC2)O1. The minimum absolute atomic E-state index is 0.0107. The third kappa shape index (κ3) is 3.65. The molecule has 0 bridgehead atoms. The van der Waals surface area contributed by atoms with Crippen LogP contribution < -0.4 is 17.0 Å². The van der Waals surface area contributed by atoms with Gasteiger partial charge < -0.3 is 15.4 Å². The second kappa shape index (κ2) is 6.31. The van der Waals surface area contributed by atoms with E-state index in [0.29, 0.717) is 6.42 Å². The molecule has 2 amide bonds. The highest BCUT2D eigenvalue weighted by molar-refractivity contribution is 5.80. The molecule has 2 atom stereocenters. The van der Waals surface area contributed by atoms with E-state index in [4.69, 9.17) is 16.3 Å². The van der Waals surface area contributed by atoms with E-state index >= 15 is 0 Å². The van der Waals surface area contributed by atoms with Gasteiger partial charge >= 0.3 is 0 Å². The number of nitrogens with zero attached hydrogens (tertiary/aromatic N) is 1. The minimum Gasteiger partial charge on any atom is -0.369 e. The molecule has 2 unspecified atom stereocenters. The van der Waals surface area contributed by atoms with Crippen LogP contribution in [0.1, 0.15) is 25.7 Å². The zero-order valence-corrected chi connectivity index (χ0v) is 11.0. The molecule has 7 heteroatoms. The van der Waals surface area contributed by atoms with Crippen molar-refractivity contribution in [2.45, 2.75) is 37.9 Å². The summed E-state index contributed by atoms with van der Waals surface area (Å²) >= 11 is 0. The number of nitrogens with one attached hydrogen (secondary N) is 1. The Labute approximate surface area is 112 Å². The molecule has 7 nitrogen and oxygen atoms in total. The summed E-state index contributed by atoms with van der Waals surface area (Å²) in [5.41, 5.74) is 7.43. The summed E-state index contributed by atoms with van der Waals surface area (Å²) in [4.78, 5) is 24.7. The van der Waals surface area contributed by atoms with Crippen LogP contribution in [-0.4, -0.2) is 48.6 Å². The molecule has 2 rings (SSSR count). The van der Waals surface area contributed by atoms with E-state index in [1.807, 2.05) is 0 Å². The summed E-state index contributed by atoms with van der Waals surface area (Å²) in [6.45, 7) is 2.53. The van der Waals surface area contributed by atoms with Gasteiger partial charge in [0.2, 0.25) is 5.91 Å². The third-order valence-electron chi connectivity index (χ3n) is 3.99. The van der Waals surface area contributed by atoms with Gasteiger partial charge in [0.05, 0.1) is 6.10 Å². The highest BCUT2D eigenvalue weighted by Crippen LogP contribution is 2.23. The van der Waals surface area contributed by atoms with Crippen molar-refractivity contribution in [2.75, 3.05) is 19.6 Å². The zero-order chi connectivity index (χ0) is 13.8. The second-order valence-corrected chi connectivity index (χ2v) is 5.31. The number of carbonyl (C=O) groups excluding carboxylic acids is 2. The van der Waals surface area contributed by atoms with Crippen molar-refractivity contribution < 1.29 is 14.3 Å². The van der Waals surface area contributed by atoms with E-state index in [1.54, 1.807) is 0 Å². The Morgan fingerprint density at radius 3 is 2.47 bits per heavy atom. The van der Waals surface area contributed by atoms with Gasteiger partial charge in [-0.15, -0.1) is 0 Å². The number of nitrogens with two attached hydrogens (primary N) is 2. The first-order chi connectivity index (χ1) is 9.10. The molecule has 0 aromatic heterocycles. The largest absolute Gasteiger partial charge is 0.369 e. The van der Waals surface area contributed by atoms with Gasteiger partial charge in [0.25, 0.3) is 5.91 Å². The lowest BCUT2D eigenvalue weighted by Crippen LogP contribution is -2.43. The van der Waals surface area contributed by atoms with Crippen LogP contribution in [0.15, 0.2) is 0 Å². The molecule has 0 radical (unpaired) electrons. The first kappa shape index (κ1) is 14.2. The molecular weight excluding hydrogens is 248 g/mol. The van der Waals surface area contributed by atoms with E-state index in [-0.39, 0.29) is 23.8 Å². The van der Waals surface area contributed by atoms with Gasteiger partial charge in [-0.2, -0.15) is 0 Å². The second-order valence-electron chi connectivity index (χ2n) is 5.31. The van der Waals surface area contributed by atoms with Crippen LogP contribution in [0, 0.1) is 5.92 Å². The van der Waals surface area contributed by atoms with E-state index < -0.39 is 6.10 Å². The predicted molar refractivity (Wildman–Crippen MR) is 68.6 cm³/mol. The lowest BCUT2D eigenvalue weighted by Gasteiger charge is -2.32. The molecule has 2 aliphatic heterocycles. The van der Waals surface area contributed by atoms with E-state index in [9.17, 15) is 9.59 Å². The van der Waals surface area contributed by atoms with E-state index in [1.165, 1.54) is 0 Å². The minimum atomic E-state index is -0.418. The number of hydrogen-bond donors (Lipinski definition) is 3. The Morgan fingerprint density at radius 1 is 1.21 bits per heavy atom. The smallest absolute Gasteiger partial charge is 0.263 e. The van der Waals surface area contributed by atoms with Crippen molar-refractivity contribution in [3.63, 3.8) is 0 Å². The number of hydrazine groups is 1. The van der Waals surface area contributed by atoms with Crippen molar-refractivity contribution in [1.82, 2.24) is 10.3 Å². The van der Waals surface area contributed by atoms with Crippen LogP contribution in [0.5, 0.6) is 0 Å². The molecule has 19 heavy (non-hydrogen) atoms. The van der Waals surface area contributed by atoms with Crippen molar-refractivity contribution in [3.05, 3.63) is 0 Å². The molecule has 2 saturated heterocycles. The lowest BCUT2D eigenvalue weighted by atomic mass is 9.96. The fraction of sp³-hybridized carbons (Fsp3) is 0.833. The van der Waals surface area contributed by atoms with Gasteiger partial charge in [-0.05, 0) is 38.8 Å². The van der Waals surface area contributed by atoms with Crippen LogP contribution in [-0.2, 0) is 14.3 Å². The summed E-state index contributed by atoms with van der Waals surface area (Å²) in [6, 6.07) is 0. The Morgan fingerprint density at radius 2 is 1.89 bits per heavy atom. The first-order valence-corrected chi connectivity index (χ1v) is 6.77. The molecule has 2 heterocycles. The summed E-state index contributed by atoms with van der Waals surface area (Å²) in [7, 11) is 0. The summed E-state index contributed by atoms with van der Waals surface area (Å²) < 4.78 is 5.67. The quantitative estimate of drug-likeness (QED) is 0.335. The highest BCUT2D eigenvalue weighted by Gasteiger charge is 2.32.